The van der Waals surface area contributed by atoms with Crippen molar-refractivity contribution in [1.82, 2.24) is 10.2 Å². The summed E-state index contributed by atoms with van der Waals surface area (Å²) < 4.78 is 6.54. The molecule has 30 heavy (non-hydrogen) atoms. The molecule has 5 nitrogen and oxygen atoms in total. The first-order valence-electron chi connectivity index (χ1n) is 9.97. The Kier molecular flexibility index (Phi) is 9.18. The normalized spacial score (nSPS) is 11.8. The van der Waals surface area contributed by atoms with Crippen molar-refractivity contribution in [1.29, 1.82) is 0 Å². The molecule has 2 amide bonds. The number of benzene rings is 2. The highest BCUT2D eigenvalue weighted by Gasteiger charge is 2.27. The first-order valence-corrected chi connectivity index (χ1v) is 11.1. The van der Waals surface area contributed by atoms with Crippen molar-refractivity contribution in [2.24, 2.45) is 0 Å². The van der Waals surface area contributed by atoms with Gasteiger partial charge in [0.15, 0.2) is 6.61 Å². The average molecular weight is 496 g/mol. The first kappa shape index (κ1) is 24.2. The number of halogens is 2. The van der Waals surface area contributed by atoms with E-state index in [1.165, 1.54) is 10.5 Å². The third kappa shape index (κ3) is 6.74. The maximum atomic E-state index is 13.1. The quantitative estimate of drug-likeness (QED) is 0.533. The molecule has 2 aromatic carbocycles. The summed E-state index contributed by atoms with van der Waals surface area (Å²) in [5.74, 6) is 0.0594. The standard InChI is InChI=1S/C23H28BrClN2O3/c1-5-17-10-11-21(19(24)12-17)30-14-22(28)27(16(4)23(29)26-15(2)3)13-18-8-6-7-9-20(18)25/h6-12,15-16H,5,13-14H2,1-4H3,(H,26,29)/t16-/m0/s1. The molecule has 1 N–H and O–H groups in total. The predicted molar refractivity (Wildman–Crippen MR) is 124 cm³/mol. The zero-order chi connectivity index (χ0) is 22.3. The maximum absolute atomic E-state index is 13.1. The van der Waals surface area contributed by atoms with E-state index in [0.717, 1.165) is 16.5 Å². The van der Waals surface area contributed by atoms with E-state index >= 15 is 0 Å². The second kappa shape index (κ2) is 11.4. The monoisotopic (exact) mass is 494 g/mol. The topological polar surface area (TPSA) is 58.6 Å². The second-order valence-corrected chi connectivity index (χ2v) is 8.62. The lowest BCUT2D eigenvalue weighted by Gasteiger charge is -2.29. The lowest BCUT2D eigenvalue weighted by molar-refractivity contribution is -0.142. The van der Waals surface area contributed by atoms with Crippen LogP contribution in [-0.4, -0.2) is 35.4 Å². The highest BCUT2D eigenvalue weighted by atomic mass is 79.9. The van der Waals surface area contributed by atoms with Gasteiger partial charge in [0.05, 0.1) is 4.47 Å². The molecule has 0 saturated carbocycles. The van der Waals surface area contributed by atoms with E-state index in [2.05, 4.69) is 28.2 Å². The minimum atomic E-state index is -0.675. The van der Waals surface area contributed by atoms with Crippen LogP contribution < -0.4 is 10.1 Å². The molecule has 0 aliphatic rings. The molecule has 2 rings (SSSR count). The molecule has 7 heteroatoms. The molecule has 1 atom stereocenters. The summed E-state index contributed by atoms with van der Waals surface area (Å²) in [5, 5.41) is 3.41. The molecular weight excluding hydrogens is 468 g/mol. The molecule has 0 heterocycles. The molecule has 0 spiro atoms. The van der Waals surface area contributed by atoms with Gasteiger partial charge in [0.1, 0.15) is 11.8 Å². The number of hydrogen-bond acceptors (Lipinski definition) is 3. The lowest BCUT2D eigenvalue weighted by Crippen LogP contribution is -2.50. The summed E-state index contributed by atoms with van der Waals surface area (Å²) in [6.07, 6.45) is 0.909. The van der Waals surface area contributed by atoms with Gasteiger partial charge in [-0.25, -0.2) is 0 Å². The number of ether oxygens (including phenoxy) is 1. The number of hydrogen-bond donors (Lipinski definition) is 1. The third-order valence-corrected chi connectivity index (χ3v) is 5.64. The molecule has 0 radical (unpaired) electrons. The van der Waals surface area contributed by atoms with E-state index in [4.69, 9.17) is 16.3 Å². The van der Waals surface area contributed by atoms with Crippen molar-refractivity contribution < 1.29 is 14.3 Å². The molecule has 0 saturated heterocycles. The smallest absolute Gasteiger partial charge is 0.261 e. The number of nitrogens with zero attached hydrogens (tertiary/aromatic N) is 1. The Morgan fingerprint density at radius 2 is 1.87 bits per heavy atom. The van der Waals surface area contributed by atoms with Gasteiger partial charge in [-0.3, -0.25) is 9.59 Å². The van der Waals surface area contributed by atoms with Gasteiger partial charge in [-0.05, 0) is 72.4 Å². The van der Waals surface area contributed by atoms with E-state index in [9.17, 15) is 9.59 Å². The van der Waals surface area contributed by atoms with Gasteiger partial charge in [0.2, 0.25) is 5.91 Å². The molecule has 2 aromatic rings. The Hall–Kier alpha value is -2.05. The fraction of sp³-hybridized carbons (Fsp3) is 0.391. The zero-order valence-electron chi connectivity index (χ0n) is 17.7. The third-order valence-electron chi connectivity index (χ3n) is 4.65. The SMILES string of the molecule is CCc1ccc(OCC(=O)N(Cc2ccccc2Cl)[C@@H](C)C(=O)NC(C)C)c(Br)c1. The average Bonchev–Trinajstić information content (AvgIpc) is 2.71. The fourth-order valence-corrected chi connectivity index (χ4v) is 3.64. The van der Waals surface area contributed by atoms with Crippen LogP contribution in [0.1, 0.15) is 38.8 Å². The van der Waals surface area contributed by atoms with Crippen LogP contribution in [0.15, 0.2) is 46.9 Å². The van der Waals surface area contributed by atoms with E-state index in [0.29, 0.717) is 10.8 Å². The molecule has 0 bridgehead atoms. The van der Waals surface area contributed by atoms with Crippen molar-refractivity contribution >= 4 is 39.3 Å². The molecule has 162 valence electrons. The maximum Gasteiger partial charge on any atom is 0.261 e. The van der Waals surface area contributed by atoms with Crippen LogP contribution >= 0.6 is 27.5 Å². The number of aryl methyl sites for hydroxylation is 1. The van der Waals surface area contributed by atoms with Crippen LogP contribution in [0.4, 0.5) is 0 Å². The Labute approximate surface area is 191 Å². The van der Waals surface area contributed by atoms with Crippen LogP contribution in [-0.2, 0) is 22.6 Å². The molecule has 0 unspecified atom stereocenters. The Morgan fingerprint density at radius 3 is 2.47 bits per heavy atom. The molecule has 0 aliphatic carbocycles. The van der Waals surface area contributed by atoms with Gasteiger partial charge in [0, 0.05) is 17.6 Å². The number of rotatable bonds is 9. The highest BCUT2D eigenvalue weighted by Crippen LogP contribution is 2.26. The van der Waals surface area contributed by atoms with Gasteiger partial charge >= 0.3 is 0 Å². The summed E-state index contributed by atoms with van der Waals surface area (Å²) in [7, 11) is 0. The zero-order valence-corrected chi connectivity index (χ0v) is 20.1. The molecular formula is C23H28BrClN2O3. The van der Waals surface area contributed by atoms with Gasteiger partial charge in [-0.15, -0.1) is 0 Å². The Balaban J connectivity index is 2.18. The minimum absolute atomic E-state index is 0.0264. The predicted octanol–water partition coefficient (Wildman–Crippen LogP) is 4.99. The van der Waals surface area contributed by atoms with Crippen LogP contribution in [0.3, 0.4) is 0 Å². The molecule has 0 fully saturated rings. The Morgan fingerprint density at radius 1 is 1.17 bits per heavy atom. The van der Waals surface area contributed by atoms with Crippen molar-refractivity contribution in [3.05, 3.63) is 63.1 Å². The van der Waals surface area contributed by atoms with E-state index in [1.807, 2.05) is 50.2 Å². The van der Waals surface area contributed by atoms with Crippen LogP contribution in [0.25, 0.3) is 0 Å². The summed E-state index contributed by atoms with van der Waals surface area (Å²) >= 11 is 9.77. The molecule has 0 aliphatic heterocycles. The largest absolute Gasteiger partial charge is 0.483 e. The molecule has 0 aromatic heterocycles. The number of amides is 2. The Bertz CT molecular complexity index is 889. The van der Waals surface area contributed by atoms with Crippen molar-refractivity contribution in [3.8, 4) is 5.75 Å². The van der Waals surface area contributed by atoms with E-state index in [1.54, 1.807) is 13.0 Å². The minimum Gasteiger partial charge on any atom is -0.483 e. The van der Waals surface area contributed by atoms with Crippen LogP contribution in [0.5, 0.6) is 5.75 Å². The lowest BCUT2D eigenvalue weighted by atomic mass is 10.1. The highest BCUT2D eigenvalue weighted by molar-refractivity contribution is 9.10. The van der Waals surface area contributed by atoms with E-state index < -0.39 is 6.04 Å². The first-order chi connectivity index (χ1) is 14.2. The summed E-state index contributed by atoms with van der Waals surface area (Å²) in [4.78, 5) is 27.1. The number of carbonyl (C=O) groups is 2. The van der Waals surface area contributed by atoms with Gasteiger partial charge in [-0.2, -0.15) is 0 Å². The second-order valence-electron chi connectivity index (χ2n) is 7.36. The van der Waals surface area contributed by atoms with E-state index in [-0.39, 0.29) is 31.0 Å². The number of carbonyl (C=O) groups excluding carboxylic acids is 2. The summed E-state index contributed by atoms with van der Waals surface area (Å²) in [5.41, 5.74) is 1.94. The fourth-order valence-electron chi connectivity index (χ4n) is 2.90. The van der Waals surface area contributed by atoms with Gasteiger partial charge in [0.25, 0.3) is 5.91 Å². The summed E-state index contributed by atoms with van der Waals surface area (Å²) in [6, 6.07) is 12.4. The van der Waals surface area contributed by atoms with Crippen LogP contribution in [0, 0.1) is 0 Å². The summed E-state index contributed by atoms with van der Waals surface area (Å²) in [6.45, 7) is 7.57. The number of nitrogens with one attached hydrogen (secondary N) is 1. The van der Waals surface area contributed by atoms with Crippen molar-refractivity contribution in [2.75, 3.05) is 6.61 Å². The van der Waals surface area contributed by atoms with Gasteiger partial charge in [-0.1, -0.05) is 42.8 Å². The van der Waals surface area contributed by atoms with Crippen molar-refractivity contribution in [2.45, 2.75) is 52.7 Å². The van der Waals surface area contributed by atoms with Crippen molar-refractivity contribution in [3.63, 3.8) is 0 Å². The van der Waals surface area contributed by atoms with Gasteiger partial charge < -0.3 is 15.0 Å². The van der Waals surface area contributed by atoms with Crippen LogP contribution in [0.2, 0.25) is 5.02 Å².